The molecule has 0 unspecified atom stereocenters. The van der Waals surface area contributed by atoms with Crippen LogP contribution in [0.25, 0.3) is 6.08 Å². The van der Waals surface area contributed by atoms with E-state index in [-0.39, 0.29) is 0 Å². The Labute approximate surface area is 66.1 Å². The number of hydrogen-bond donors (Lipinski definition) is 1. The first-order valence-corrected chi connectivity index (χ1v) is 3.32. The predicted molar refractivity (Wildman–Crippen MR) is 47.0 cm³/mol. The van der Waals surface area contributed by atoms with Crippen LogP contribution in [0.3, 0.4) is 0 Å². The molecule has 0 aliphatic rings. The van der Waals surface area contributed by atoms with Gasteiger partial charge in [-0.1, -0.05) is 6.58 Å². The number of aromatic nitrogens is 1. The highest BCUT2D eigenvalue weighted by Crippen LogP contribution is 2.09. The van der Waals surface area contributed by atoms with Gasteiger partial charge >= 0.3 is 0 Å². The second-order valence-electron chi connectivity index (χ2n) is 2.31. The van der Waals surface area contributed by atoms with Crippen molar-refractivity contribution in [3.63, 3.8) is 0 Å². The van der Waals surface area contributed by atoms with Crippen molar-refractivity contribution in [1.82, 2.24) is 4.98 Å². The van der Waals surface area contributed by atoms with Crippen LogP contribution in [0.1, 0.15) is 11.3 Å². The summed E-state index contributed by atoms with van der Waals surface area (Å²) in [4.78, 5) is 4.05. The molecule has 0 saturated heterocycles. The van der Waals surface area contributed by atoms with E-state index >= 15 is 0 Å². The van der Waals surface area contributed by atoms with E-state index in [2.05, 4.69) is 17.3 Å². The standard InChI is InChI=1S/C9H10N2/c1-3-4-8-5-7(2)9(10)6-11-8/h4-6H,1,10H2,2H3. The van der Waals surface area contributed by atoms with Gasteiger partial charge in [0.15, 0.2) is 0 Å². The number of aryl methyl sites for hydroxylation is 1. The maximum absolute atomic E-state index is 5.57. The van der Waals surface area contributed by atoms with Crippen molar-refractivity contribution in [3.8, 4) is 0 Å². The van der Waals surface area contributed by atoms with E-state index in [0.717, 1.165) is 11.3 Å². The number of hydrogen-bond acceptors (Lipinski definition) is 2. The molecular weight excluding hydrogens is 136 g/mol. The zero-order chi connectivity index (χ0) is 8.27. The van der Waals surface area contributed by atoms with Crippen LogP contribution in [0, 0.1) is 6.92 Å². The summed E-state index contributed by atoms with van der Waals surface area (Å²) in [6.45, 7) is 5.40. The summed E-state index contributed by atoms with van der Waals surface area (Å²) in [5, 5.41) is 0. The SMILES string of the molecule is C=C=Cc1cc(C)c(N)cn1. The van der Waals surface area contributed by atoms with Gasteiger partial charge in [-0.15, -0.1) is 5.73 Å². The van der Waals surface area contributed by atoms with Crippen molar-refractivity contribution < 1.29 is 0 Å². The van der Waals surface area contributed by atoms with Crippen molar-refractivity contribution >= 4 is 11.8 Å². The zero-order valence-corrected chi connectivity index (χ0v) is 6.46. The molecule has 0 aliphatic heterocycles. The topological polar surface area (TPSA) is 38.9 Å². The molecule has 0 spiro atoms. The maximum atomic E-state index is 5.57. The smallest absolute Gasteiger partial charge is 0.0710 e. The minimum absolute atomic E-state index is 0.714. The average molecular weight is 146 g/mol. The molecule has 0 atom stereocenters. The Morgan fingerprint density at radius 1 is 1.73 bits per heavy atom. The van der Waals surface area contributed by atoms with Gasteiger partial charge in [-0.05, 0) is 18.6 Å². The van der Waals surface area contributed by atoms with Gasteiger partial charge in [0.2, 0.25) is 0 Å². The van der Waals surface area contributed by atoms with Crippen molar-refractivity contribution in [2.75, 3.05) is 5.73 Å². The minimum Gasteiger partial charge on any atom is -0.397 e. The molecule has 0 fully saturated rings. The Hall–Kier alpha value is -1.53. The highest BCUT2D eigenvalue weighted by Gasteiger charge is 1.93. The molecule has 0 saturated carbocycles. The number of nitrogen functional groups attached to an aromatic ring is 1. The molecule has 56 valence electrons. The summed E-state index contributed by atoms with van der Waals surface area (Å²) >= 11 is 0. The molecular formula is C9H10N2. The molecule has 11 heavy (non-hydrogen) atoms. The van der Waals surface area contributed by atoms with E-state index in [4.69, 9.17) is 5.73 Å². The summed E-state index contributed by atoms with van der Waals surface area (Å²) < 4.78 is 0. The Balaban J connectivity index is 3.14. The van der Waals surface area contributed by atoms with Crippen molar-refractivity contribution in [2.24, 2.45) is 0 Å². The zero-order valence-electron chi connectivity index (χ0n) is 6.46. The first kappa shape index (κ1) is 7.58. The molecule has 0 amide bonds. The van der Waals surface area contributed by atoms with Crippen LogP contribution in [-0.4, -0.2) is 4.98 Å². The fourth-order valence-electron chi connectivity index (χ4n) is 0.772. The highest BCUT2D eigenvalue weighted by atomic mass is 14.7. The third kappa shape index (κ3) is 1.69. The van der Waals surface area contributed by atoms with E-state index in [1.54, 1.807) is 12.3 Å². The fourth-order valence-corrected chi connectivity index (χ4v) is 0.772. The van der Waals surface area contributed by atoms with Crippen molar-refractivity contribution in [2.45, 2.75) is 6.92 Å². The lowest BCUT2D eigenvalue weighted by molar-refractivity contribution is 1.26. The summed E-state index contributed by atoms with van der Waals surface area (Å²) in [6, 6.07) is 1.90. The second-order valence-corrected chi connectivity index (χ2v) is 2.31. The molecule has 1 aromatic heterocycles. The Morgan fingerprint density at radius 3 is 3.00 bits per heavy atom. The fraction of sp³-hybridized carbons (Fsp3) is 0.111. The summed E-state index contributed by atoms with van der Waals surface area (Å²) in [7, 11) is 0. The molecule has 0 bridgehead atoms. The number of nitrogens with two attached hydrogens (primary N) is 1. The van der Waals surface area contributed by atoms with Gasteiger partial charge in [-0.25, -0.2) is 0 Å². The predicted octanol–water partition coefficient (Wildman–Crippen LogP) is 1.77. The minimum atomic E-state index is 0.714. The van der Waals surface area contributed by atoms with E-state index in [0.29, 0.717) is 5.69 Å². The van der Waals surface area contributed by atoms with Crippen LogP contribution in [-0.2, 0) is 0 Å². The molecule has 0 aliphatic carbocycles. The second kappa shape index (κ2) is 3.04. The quantitative estimate of drug-likeness (QED) is 0.613. The Bertz CT molecular complexity index is 309. The van der Waals surface area contributed by atoms with Crippen LogP contribution in [0.2, 0.25) is 0 Å². The largest absolute Gasteiger partial charge is 0.397 e. The molecule has 1 heterocycles. The Kier molecular flexibility index (Phi) is 2.09. The van der Waals surface area contributed by atoms with Gasteiger partial charge in [0.1, 0.15) is 0 Å². The van der Waals surface area contributed by atoms with Gasteiger partial charge in [0, 0.05) is 6.08 Å². The molecule has 2 heteroatoms. The van der Waals surface area contributed by atoms with E-state index < -0.39 is 0 Å². The van der Waals surface area contributed by atoms with Crippen molar-refractivity contribution in [1.29, 1.82) is 0 Å². The third-order valence-electron chi connectivity index (χ3n) is 1.42. The monoisotopic (exact) mass is 146 g/mol. The normalized spacial score (nSPS) is 8.82. The molecule has 0 radical (unpaired) electrons. The van der Waals surface area contributed by atoms with Crippen LogP contribution in [0.4, 0.5) is 5.69 Å². The summed E-state index contributed by atoms with van der Waals surface area (Å²) in [5.74, 6) is 0. The number of pyridine rings is 1. The van der Waals surface area contributed by atoms with Gasteiger partial charge < -0.3 is 5.73 Å². The number of nitrogens with zero attached hydrogens (tertiary/aromatic N) is 1. The van der Waals surface area contributed by atoms with Gasteiger partial charge in [0.05, 0.1) is 17.6 Å². The lowest BCUT2D eigenvalue weighted by Crippen LogP contribution is -1.91. The van der Waals surface area contributed by atoms with Crippen molar-refractivity contribution in [3.05, 3.63) is 35.8 Å². The first-order valence-electron chi connectivity index (χ1n) is 3.32. The lowest BCUT2D eigenvalue weighted by atomic mass is 10.2. The van der Waals surface area contributed by atoms with E-state index in [1.807, 2.05) is 13.0 Å². The molecule has 2 N–H and O–H groups in total. The maximum Gasteiger partial charge on any atom is 0.0710 e. The Morgan fingerprint density at radius 2 is 2.45 bits per heavy atom. The summed E-state index contributed by atoms with van der Waals surface area (Å²) in [5.41, 5.74) is 10.8. The molecule has 1 aromatic rings. The molecule has 2 nitrogen and oxygen atoms in total. The molecule has 1 rings (SSSR count). The average Bonchev–Trinajstić information content (AvgIpc) is 1.98. The van der Waals surface area contributed by atoms with Crippen LogP contribution >= 0.6 is 0 Å². The first-order chi connectivity index (χ1) is 5.24. The van der Waals surface area contributed by atoms with E-state index in [9.17, 15) is 0 Å². The van der Waals surface area contributed by atoms with E-state index in [1.165, 1.54) is 0 Å². The summed E-state index contributed by atoms with van der Waals surface area (Å²) in [6.07, 6.45) is 3.35. The lowest BCUT2D eigenvalue weighted by Gasteiger charge is -1.98. The third-order valence-corrected chi connectivity index (χ3v) is 1.42. The van der Waals surface area contributed by atoms with Crippen LogP contribution in [0.5, 0.6) is 0 Å². The highest BCUT2D eigenvalue weighted by molar-refractivity contribution is 5.51. The van der Waals surface area contributed by atoms with Crippen LogP contribution in [0.15, 0.2) is 24.6 Å². The number of anilines is 1. The molecule has 0 aromatic carbocycles. The number of rotatable bonds is 1. The van der Waals surface area contributed by atoms with Gasteiger partial charge in [-0.3, -0.25) is 4.98 Å². The van der Waals surface area contributed by atoms with Crippen LogP contribution < -0.4 is 5.73 Å². The van der Waals surface area contributed by atoms with Gasteiger partial charge in [0.25, 0.3) is 0 Å². The van der Waals surface area contributed by atoms with Gasteiger partial charge in [-0.2, -0.15) is 0 Å².